The third kappa shape index (κ3) is 4.50. The monoisotopic (exact) mass is 296 g/mol. The molecule has 1 fully saturated rings. The molecule has 1 heterocycles. The highest BCUT2D eigenvalue weighted by atomic mass is 35.5. The van der Waals surface area contributed by atoms with E-state index in [1.165, 1.54) is 6.42 Å². The zero-order chi connectivity index (χ0) is 13.7. The summed E-state index contributed by atoms with van der Waals surface area (Å²) in [5.74, 6) is 0.998. The zero-order valence-corrected chi connectivity index (χ0v) is 12.9. The first-order valence-corrected chi connectivity index (χ1v) is 7.29. The molecule has 20 heavy (non-hydrogen) atoms. The number of amides is 1. The summed E-state index contributed by atoms with van der Waals surface area (Å²) in [6.07, 6.45) is 3.93. The molecule has 1 aromatic rings. The summed E-state index contributed by atoms with van der Waals surface area (Å²) in [5, 5.41) is 0. The maximum Gasteiger partial charge on any atom is 0.224 e. The van der Waals surface area contributed by atoms with Crippen molar-refractivity contribution in [2.24, 2.45) is 11.7 Å². The maximum atomic E-state index is 12.2. The van der Waals surface area contributed by atoms with Crippen molar-refractivity contribution in [3.8, 4) is 0 Å². The van der Waals surface area contributed by atoms with Crippen molar-refractivity contribution in [2.75, 3.05) is 13.1 Å². The molecule has 0 aliphatic carbocycles. The van der Waals surface area contributed by atoms with Crippen LogP contribution in [0.4, 0.5) is 0 Å². The van der Waals surface area contributed by atoms with Crippen LogP contribution >= 0.6 is 12.4 Å². The van der Waals surface area contributed by atoms with Crippen LogP contribution in [0.25, 0.3) is 0 Å². The lowest BCUT2D eigenvalue weighted by molar-refractivity contribution is -0.133. The van der Waals surface area contributed by atoms with E-state index >= 15 is 0 Å². The molecule has 2 rings (SSSR count). The van der Waals surface area contributed by atoms with Crippen molar-refractivity contribution in [2.45, 2.75) is 38.6 Å². The lowest BCUT2D eigenvalue weighted by atomic mass is 9.94. The van der Waals surface area contributed by atoms with Gasteiger partial charge in [0, 0.05) is 25.6 Å². The Hall–Kier alpha value is -1.06. The first-order chi connectivity index (χ1) is 9.20. The van der Waals surface area contributed by atoms with E-state index in [-0.39, 0.29) is 24.4 Å². The van der Waals surface area contributed by atoms with Gasteiger partial charge in [0.25, 0.3) is 0 Å². The molecular formula is C16H25ClN2O. The zero-order valence-electron chi connectivity index (χ0n) is 12.1. The van der Waals surface area contributed by atoms with E-state index < -0.39 is 0 Å². The summed E-state index contributed by atoms with van der Waals surface area (Å²) in [6.45, 7) is 4.03. The van der Waals surface area contributed by atoms with Crippen LogP contribution in [0, 0.1) is 5.92 Å². The molecule has 0 saturated carbocycles. The van der Waals surface area contributed by atoms with E-state index in [1.807, 2.05) is 35.2 Å². The number of carbonyl (C=O) groups excluding carboxylic acids is 1. The predicted octanol–water partition coefficient (Wildman–Crippen LogP) is 3.15. The van der Waals surface area contributed by atoms with Crippen LogP contribution in [0.3, 0.4) is 0 Å². The van der Waals surface area contributed by atoms with Gasteiger partial charge < -0.3 is 10.6 Å². The highest BCUT2D eigenvalue weighted by molar-refractivity contribution is 5.85. The number of rotatable bonds is 4. The van der Waals surface area contributed by atoms with Crippen LogP contribution in [0.5, 0.6) is 0 Å². The Kier molecular flexibility index (Phi) is 7.03. The molecule has 2 N–H and O–H groups in total. The number of nitrogens with two attached hydrogens (primary N) is 1. The quantitative estimate of drug-likeness (QED) is 0.928. The third-order valence-electron chi connectivity index (χ3n) is 4.17. The van der Waals surface area contributed by atoms with E-state index in [2.05, 4.69) is 6.92 Å². The molecule has 1 atom stereocenters. The van der Waals surface area contributed by atoms with Gasteiger partial charge in [0.05, 0.1) is 0 Å². The molecule has 0 radical (unpaired) electrons. The van der Waals surface area contributed by atoms with E-state index in [4.69, 9.17) is 5.73 Å². The fourth-order valence-corrected chi connectivity index (χ4v) is 2.73. The molecule has 1 aliphatic rings. The number of carbonyl (C=O) groups is 1. The number of piperidine rings is 1. The van der Waals surface area contributed by atoms with Crippen LogP contribution in [0.15, 0.2) is 30.3 Å². The molecule has 4 heteroatoms. The predicted molar refractivity (Wildman–Crippen MR) is 84.8 cm³/mol. The molecule has 0 spiro atoms. The Morgan fingerprint density at radius 2 is 1.90 bits per heavy atom. The largest absolute Gasteiger partial charge is 0.343 e. The first-order valence-electron chi connectivity index (χ1n) is 7.29. The summed E-state index contributed by atoms with van der Waals surface area (Å²) < 4.78 is 0. The second-order valence-electron chi connectivity index (χ2n) is 5.45. The highest BCUT2D eigenvalue weighted by Crippen LogP contribution is 2.22. The SMILES string of the molecule is CCC1CCN(C(=O)CC(N)c2ccccc2)CC1.Cl. The number of hydrogen-bond acceptors (Lipinski definition) is 2. The molecule has 112 valence electrons. The Balaban J connectivity index is 0.00000200. The standard InChI is InChI=1S/C16H24N2O.ClH/c1-2-13-8-10-18(11-9-13)16(19)12-15(17)14-6-4-3-5-7-14;/h3-7,13,15H,2,8-12,17H2,1H3;1H. The summed E-state index contributed by atoms with van der Waals surface area (Å²) in [4.78, 5) is 14.2. The van der Waals surface area contributed by atoms with E-state index in [0.29, 0.717) is 6.42 Å². The van der Waals surface area contributed by atoms with Crippen molar-refractivity contribution in [1.82, 2.24) is 4.90 Å². The minimum Gasteiger partial charge on any atom is -0.343 e. The molecule has 0 aromatic heterocycles. The Labute approximate surface area is 127 Å². The lowest BCUT2D eigenvalue weighted by Crippen LogP contribution is -2.39. The van der Waals surface area contributed by atoms with Gasteiger partial charge in [0.2, 0.25) is 5.91 Å². The average Bonchev–Trinajstić information content (AvgIpc) is 2.48. The summed E-state index contributed by atoms with van der Waals surface area (Å²) in [6, 6.07) is 9.69. The van der Waals surface area contributed by atoms with Crippen molar-refractivity contribution in [1.29, 1.82) is 0 Å². The van der Waals surface area contributed by atoms with E-state index in [0.717, 1.165) is 37.4 Å². The molecule has 1 aliphatic heterocycles. The third-order valence-corrected chi connectivity index (χ3v) is 4.17. The Bertz CT molecular complexity index is 402. The fraction of sp³-hybridized carbons (Fsp3) is 0.562. The van der Waals surface area contributed by atoms with Gasteiger partial charge in [-0.25, -0.2) is 0 Å². The number of benzene rings is 1. The number of likely N-dealkylation sites (tertiary alicyclic amines) is 1. The summed E-state index contributed by atoms with van der Waals surface area (Å²) >= 11 is 0. The second kappa shape index (κ2) is 8.28. The number of nitrogens with zero attached hydrogens (tertiary/aromatic N) is 1. The smallest absolute Gasteiger partial charge is 0.224 e. The van der Waals surface area contributed by atoms with Gasteiger partial charge in [-0.05, 0) is 24.3 Å². The van der Waals surface area contributed by atoms with Crippen molar-refractivity contribution in [3.05, 3.63) is 35.9 Å². The van der Waals surface area contributed by atoms with Gasteiger partial charge in [-0.1, -0.05) is 43.7 Å². The van der Waals surface area contributed by atoms with Crippen LogP contribution in [-0.4, -0.2) is 23.9 Å². The van der Waals surface area contributed by atoms with E-state index in [9.17, 15) is 4.79 Å². The number of hydrogen-bond donors (Lipinski definition) is 1. The molecule has 1 amide bonds. The summed E-state index contributed by atoms with van der Waals surface area (Å²) in [7, 11) is 0. The van der Waals surface area contributed by atoms with Gasteiger partial charge in [0.15, 0.2) is 0 Å². The Morgan fingerprint density at radius 1 is 1.30 bits per heavy atom. The van der Waals surface area contributed by atoms with Crippen LogP contribution in [-0.2, 0) is 4.79 Å². The minimum atomic E-state index is -0.183. The van der Waals surface area contributed by atoms with Gasteiger partial charge in [-0.3, -0.25) is 4.79 Å². The molecule has 1 aromatic carbocycles. The lowest BCUT2D eigenvalue weighted by Gasteiger charge is -2.32. The van der Waals surface area contributed by atoms with Crippen LogP contribution in [0.1, 0.15) is 44.2 Å². The molecule has 3 nitrogen and oxygen atoms in total. The van der Waals surface area contributed by atoms with E-state index in [1.54, 1.807) is 0 Å². The first kappa shape index (κ1) is 17.0. The highest BCUT2D eigenvalue weighted by Gasteiger charge is 2.23. The Morgan fingerprint density at radius 3 is 2.45 bits per heavy atom. The molecular weight excluding hydrogens is 272 g/mol. The molecule has 1 saturated heterocycles. The topological polar surface area (TPSA) is 46.3 Å². The van der Waals surface area contributed by atoms with Gasteiger partial charge in [0.1, 0.15) is 0 Å². The minimum absolute atomic E-state index is 0. The maximum absolute atomic E-state index is 12.2. The van der Waals surface area contributed by atoms with Crippen LogP contribution in [0.2, 0.25) is 0 Å². The van der Waals surface area contributed by atoms with Crippen LogP contribution < -0.4 is 5.73 Å². The molecule has 0 bridgehead atoms. The number of halogens is 1. The van der Waals surface area contributed by atoms with Crippen molar-refractivity contribution < 1.29 is 4.79 Å². The second-order valence-corrected chi connectivity index (χ2v) is 5.45. The van der Waals surface area contributed by atoms with Gasteiger partial charge >= 0.3 is 0 Å². The summed E-state index contributed by atoms with van der Waals surface area (Å²) in [5.41, 5.74) is 7.15. The normalized spacial score (nSPS) is 17.4. The van der Waals surface area contributed by atoms with Crippen molar-refractivity contribution >= 4 is 18.3 Å². The fourth-order valence-electron chi connectivity index (χ4n) is 2.73. The van der Waals surface area contributed by atoms with Crippen molar-refractivity contribution in [3.63, 3.8) is 0 Å². The van der Waals surface area contributed by atoms with Gasteiger partial charge in [-0.2, -0.15) is 0 Å². The van der Waals surface area contributed by atoms with Gasteiger partial charge in [-0.15, -0.1) is 12.4 Å². The average molecular weight is 297 g/mol. The molecule has 1 unspecified atom stereocenters.